The zero-order valence-electron chi connectivity index (χ0n) is 12.2. The van der Waals surface area contributed by atoms with Crippen molar-refractivity contribution in [1.82, 2.24) is 0 Å². The number of benzene rings is 1. The lowest BCUT2D eigenvalue weighted by molar-refractivity contribution is 0.226. The molecule has 0 bridgehead atoms. The van der Waals surface area contributed by atoms with Gasteiger partial charge < -0.3 is 10.6 Å². The van der Waals surface area contributed by atoms with Crippen molar-refractivity contribution in [2.24, 2.45) is 11.1 Å². The van der Waals surface area contributed by atoms with Crippen LogP contribution in [-0.2, 0) is 6.42 Å². The molecule has 2 aliphatic rings. The van der Waals surface area contributed by atoms with Crippen LogP contribution in [-0.4, -0.2) is 19.6 Å². The molecule has 0 unspecified atom stereocenters. The third-order valence-corrected chi connectivity index (χ3v) is 5.27. The van der Waals surface area contributed by atoms with Crippen LogP contribution < -0.4 is 10.6 Å². The molecule has 3 rings (SSSR count). The van der Waals surface area contributed by atoms with Crippen molar-refractivity contribution in [1.29, 1.82) is 0 Å². The molecule has 1 heterocycles. The summed E-state index contributed by atoms with van der Waals surface area (Å²) >= 11 is 0. The molecular weight excluding hydrogens is 251 g/mol. The van der Waals surface area contributed by atoms with Crippen LogP contribution in [0.15, 0.2) is 18.2 Å². The van der Waals surface area contributed by atoms with Crippen LogP contribution in [0.2, 0.25) is 0 Å². The summed E-state index contributed by atoms with van der Waals surface area (Å²) in [6.45, 7) is 2.59. The van der Waals surface area contributed by atoms with E-state index in [9.17, 15) is 4.39 Å². The highest BCUT2D eigenvalue weighted by Gasteiger charge is 2.37. The number of anilines is 1. The first-order chi connectivity index (χ1) is 9.72. The Balaban J connectivity index is 1.68. The van der Waals surface area contributed by atoms with Crippen LogP contribution in [0.3, 0.4) is 0 Å². The molecule has 1 aromatic rings. The van der Waals surface area contributed by atoms with Gasteiger partial charge in [-0.1, -0.05) is 18.9 Å². The predicted octanol–water partition coefficient (Wildman–Crippen LogP) is 3.49. The van der Waals surface area contributed by atoms with Gasteiger partial charge in [-0.3, -0.25) is 0 Å². The Kier molecular flexibility index (Phi) is 3.97. The molecule has 2 N–H and O–H groups in total. The standard InChI is InChI=1S/C17H25FN2/c18-15-13-14(5-10-19)3-4-16(15)20-11-8-17(9-12-20)6-1-2-7-17/h3-4,13H,1-2,5-12,19H2. The van der Waals surface area contributed by atoms with Crippen LogP contribution in [0.5, 0.6) is 0 Å². The van der Waals surface area contributed by atoms with Crippen molar-refractivity contribution in [3.05, 3.63) is 29.6 Å². The highest BCUT2D eigenvalue weighted by Crippen LogP contribution is 2.46. The first-order valence-electron chi connectivity index (χ1n) is 7.96. The van der Waals surface area contributed by atoms with E-state index in [1.54, 1.807) is 6.07 Å². The normalized spacial score (nSPS) is 21.6. The molecule has 2 fully saturated rings. The first-order valence-corrected chi connectivity index (χ1v) is 7.96. The summed E-state index contributed by atoms with van der Waals surface area (Å²) in [5.74, 6) is -0.0849. The van der Waals surface area contributed by atoms with Gasteiger partial charge in [-0.15, -0.1) is 0 Å². The topological polar surface area (TPSA) is 29.3 Å². The van der Waals surface area contributed by atoms with Gasteiger partial charge >= 0.3 is 0 Å². The van der Waals surface area contributed by atoms with Crippen molar-refractivity contribution in [2.45, 2.75) is 44.9 Å². The lowest BCUT2D eigenvalue weighted by atomic mass is 9.77. The Hall–Kier alpha value is -1.09. The first kappa shape index (κ1) is 13.9. The number of nitrogens with zero attached hydrogens (tertiary/aromatic N) is 1. The molecule has 20 heavy (non-hydrogen) atoms. The van der Waals surface area contributed by atoms with Crippen molar-refractivity contribution in [2.75, 3.05) is 24.5 Å². The molecule has 0 radical (unpaired) electrons. The predicted molar refractivity (Wildman–Crippen MR) is 81.5 cm³/mol. The van der Waals surface area contributed by atoms with Gasteiger partial charge in [-0.25, -0.2) is 4.39 Å². The van der Waals surface area contributed by atoms with Crippen molar-refractivity contribution in [3.8, 4) is 0 Å². The lowest BCUT2D eigenvalue weighted by Crippen LogP contribution is -2.39. The van der Waals surface area contributed by atoms with Crippen LogP contribution in [0.25, 0.3) is 0 Å². The fourth-order valence-electron chi connectivity index (χ4n) is 3.98. The molecule has 2 nitrogen and oxygen atoms in total. The Morgan fingerprint density at radius 1 is 1.10 bits per heavy atom. The monoisotopic (exact) mass is 276 g/mol. The van der Waals surface area contributed by atoms with E-state index in [0.717, 1.165) is 30.8 Å². The quantitative estimate of drug-likeness (QED) is 0.915. The molecular formula is C17H25FN2. The molecule has 1 aliphatic heterocycles. The maximum atomic E-state index is 14.2. The van der Waals surface area contributed by atoms with Gasteiger partial charge in [0.05, 0.1) is 5.69 Å². The molecule has 1 aliphatic carbocycles. The van der Waals surface area contributed by atoms with Gasteiger partial charge in [-0.2, -0.15) is 0 Å². The molecule has 0 atom stereocenters. The zero-order chi connectivity index (χ0) is 14.0. The highest BCUT2D eigenvalue weighted by molar-refractivity contribution is 5.49. The lowest BCUT2D eigenvalue weighted by Gasteiger charge is -2.40. The Bertz CT molecular complexity index is 456. The second kappa shape index (κ2) is 5.72. The summed E-state index contributed by atoms with van der Waals surface area (Å²) in [5, 5.41) is 0. The molecule has 3 heteroatoms. The van der Waals surface area contributed by atoms with Gasteiger partial charge in [0.2, 0.25) is 0 Å². The smallest absolute Gasteiger partial charge is 0.146 e. The number of piperidine rings is 1. The van der Waals surface area contributed by atoms with Gasteiger partial charge in [0.15, 0.2) is 0 Å². The van der Waals surface area contributed by atoms with Crippen molar-refractivity contribution >= 4 is 5.69 Å². The van der Waals surface area contributed by atoms with Crippen LogP contribution >= 0.6 is 0 Å². The number of hydrogen-bond acceptors (Lipinski definition) is 2. The van der Waals surface area contributed by atoms with Crippen LogP contribution in [0.4, 0.5) is 10.1 Å². The summed E-state index contributed by atoms with van der Waals surface area (Å²) in [5.41, 5.74) is 7.89. The summed E-state index contributed by atoms with van der Waals surface area (Å²) < 4.78 is 14.2. The van der Waals surface area contributed by atoms with Gasteiger partial charge in [0.25, 0.3) is 0 Å². The summed E-state index contributed by atoms with van der Waals surface area (Å²) in [6.07, 6.45) is 8.77. The number of halogens is 1. The largest absolute Gasteiger partial charge is 0.369 e. The minimum absolute atomic E-state index is 0.0849. The van der Waals surface area contributed by atoms with E-state index < -0.39 is 0 Å². The summed E-state index contributed by atoms with van der Waals surface area (Å²) in [4.78, 5) is 2.23. The van der Waals surface area contributed by atoms with Crippen LogP contribution in [0, 0.1) is 11.2 Å². The second-order valence-corrected chi connectivity index (χ2v) is 6.52. The Morgan fingerprint density at radius 2 is 1.80 bits per heavy atom. The Labute approximate surface area is 121 Å². The average molecular weight is 276 g/mol. The molecule has 1 saturated carbocycles. The molecule has 1 aromatic carbocycles. The summed E-state index contributed by atoms with van der Waals surface area (Å²) in [7, 11) is 0. The van der Waals surface area contributed by atoms with E-state index in [4.69, 9.17) is 5.73 Å². The van der Waals surface area contributed by atoms with Crippen LogP contribution in [0.1, 0.15) is 44.1 Å². The maximum Gasteiger partial charge on any atom is 0.146 e. The SMILES string of the molecule is NCCc1ccc(N2CCC3(CCCC3)CC2)c(F)c1. The number of hydrogen-bond donors (Lipinski definition) is 1. The van der Waals surface area contributed by atoms with Crippen molar-refractivity contribution in [3.63, 3.8) is 0 Å². The fourth-order valence-corrected chi connectivity index (χ4v) is 3.98. The average Bonchev–Trinajstić information content (AvgIpc) is 2.89. The maximum absolute atomic E-state index is 14.2. The van der Waals surface area contributed by atoms with E-state index in [1.165, 1.54) is 38.5 Å². The van der Waals surface area contributed by atoms with Gasteiger partial charge in [-0.05, 0) is 61.8 Å². The molecule has 0 amide bonds. The third kappa shape index (κ3) is 2.69. The van der Waals surface area contributed by atoms with Gasteiger partial charge in [0, 0.05) is 13.1 Å². The van der Waals surface area contributed by atoms with E-state index in [2.05, 4.69) is 4.90 Å². The Morgan fingerprint density at radius 3 is 2.40 bits per heavy atom. The number of rotatable bonds is 3. The van der Waals surface area contributed by atoms with Crippen molar-refractivity contribution < 1.29 is 4.39 Å². The minimum Gasteiger partial charge on any atom is -0.369 e. The van der Waals surface area contributed by atoms with E-state index in [0.29, 0.717) is 12.0 Å². The molecule has 110 valence electrons. The van der Waals surface area contributed by atoms with Gasteiger partial charge in [0.1, 0.15) is 5.82 Å². The summed E-state index contributed by atoms with van der Waals surface area (Å²) in [6, 6.07) is 5.61. The molecule has 0 aromatic heterocycles. The van der Waals surface area contributed by atoms with E-state index in [-0.39, 0.29) is 5.82 Å². The molecule has 1 spiro atoms. The fraction of sp³-hybridized carbons (Fsp3) is 0.647. The van der Waals surface area contributed by atoms with E-state index >= 15 is 0 Å². The minimum atomic E-state index is -0.0849. The van der Waals surface area contributed by atoms with E-state index in [1.807, 2.05) is 12.1 Å². The molecule has 1 saturated heterocycles. The number of nitrogens with two attached hydrogens (primary N) is 1. The second-order valence-electron chi connectivity index (χ2n) is 6.52. The third-order valence-electron chi connectivity index (χ3n) is 5.27. The highest BCUT2D eigenvalue weighted by atomic mass is 19.1. The zero-order valence-corrected chi connectivity index (χ0v) is 12.2.